The Morgan fingerprint density at radius 1 is 0.974 bits per heavy atom. The first-order valence-electron chi connectivity index (χ1n) is 12.4. The van der Waals surface area contributed by atoms with Crippen molar-refractivity contribution < 1.29 is 22.7 Å². The lowest BCUT2D eigenvalue weighted by molar-refractivity contribution is -0.139. The third-order valence-corrected chi connectivity index (χ3v) is 8.47. The van der Waals surface area contributed by atoms with Gasteiger partial charge < -0.3 is 15.0 Å². The van der Waals surface area contributed by atoms with Gasteiger partial charge in [-0.2, -0.15) is 0 Å². The number of halogens is 2. The molecule has 1 N–H and O–H groups in total. The minimum atomic E-state index is -4.15. The van der Waals surface area contributed by atoms with Crippen molar-refractivity contribution >= 4 is 55.1 Å². The minimum absolute atomic E-state index is 0.0217. The smallest absolute Gasteiger partial charge is 0.264 e. The van der Waals surface area contributed by atoms with Crippen molar-refractivity contribution in [2.75, 3.05) is 24.0 Å². The molecule has 0 aromatic heterocycles. The molecule has 0 spiro atoms. The number of nitrogens with one attached hydrogen (secondary N) is 1. The van der Waals surface area contributed by atoms with E-state index in [9.17, 15) is 18.0 Å². The van der Waals surface area contributed by atoms with Gasteiger partial charge in [0, 0.05) is 22.6 Å². The lowest BCUT2D eigenvalue weighted by Crippen LogP contribution is -2.51. The molecular formula is C28H31BrClN3O5S. The van der Waals surface area contributed by atoms with Crippen LogP contribution < -0.4 is 14.4 Å². The van der Waals surface area contributed by atoms with E-state index in [0.29, 0.717) is 23.9 Å². The molecule has 3 aromatic carbocycles. The second-order valence-corrected chi connectivity index (χ2v) is 11.8. The van der Waals surface area contributed by atoms with Crippen LogP contribution in [0.15, 0.2) is 82.2 Å². The van der Waals surface area contributed by atoms with Crippen LogP contribution in [0.25, 0.3) is 0 Å². The van der Waals surface area contributed by atoms with E-state index in [1.165, 1.54) is 17.0 Å². The maximum Gasteiger partial charge on any atom is 0.264 e. The first-order chi connectivity index (χ1) is 18.6. The van der Waals surface area contributed by atoms with E-state index < -0.39 is 28.5 Å². The molecule has 8 nitrogen and oxygen atoms in total. The Labute approximate surface area is 243 Å². The monoisotopic (exact) mass is 635 g/mol. The summed E-state index contributed by atoms with van der Waals surface area (Å²) in [6, 6.07) is 18.7. The van der Waals surface area contributed by atoms with Crippen molar-refractivity contribution in [1.29, 1.82) is 0 Å². The SMILES string of the molecule is CCNC(=O)C(C)N(Cc1ccc(Cl)cc1)C(=O)CN(c1ccc(OCC)cc1)S(=O)(=O)c1ccc(Br)cc1. The molecule has 3 rings (SSSR count). The Morgan fingerprint density at radius 2 is 1.59 bits per heavy atom. The van der Waals surface area contributed by atoms with Crippen molar-refractivity contribution in [3.8, 4) is 5.75 Å². The van der Waals surface area contributed by atoms with Crippen LogP contribution in [0, 0.1) is 0 Å². The van der Waals surface area contributed by atoms with Crippen molar-refractivity contribution in [1.82, 2.24) is 10.2 Å². The summed E-state index contributed by atoms with van der Waals surface area (Å²) in [5, 5.41) is 3.27. The van der Waals surface area contributed by atoms with Gasteiger partial charge in [-0.15, -0.1) is 0 Å². The van der Waals surface area contributed by atoms with Crippen LogP contribution in [-0.2, 0) is 26.2 Å². The molecule has 0 bridgehead atoms. The van der Waals surface area contributed by atoms with Crippen LogP contribution >= 0.6 is 27.5 Å². The summed E-state index contributed by atoms with van der Waals surface area (Å²) in [6.45, 7) is 5.66. The van der Waals surface area contributed by atoms with E-state index in [-0.39, 0.29) is 23.0 Å². The molecule has 0 radical (unpaired) electrons. The van der Waals surface area contributed by atoms with Crippen LogP contribution in [0.1, 0.15) is 26.3 Å². The third kappa shape index (κ3) is 7.97. The maximum atomic E-state index is 13.8. The summed E-state index contributed by atoms with van der Waals surface area (Å²) >= 11 is 9.35. The molecule has 0 aliphatic heterocycles. The van der Waals surface area contributed by atoms with E-state index in [0.717, 1.165) is 14.3 Å². The van der Waals surface area contributed by atoms with Gasteiger partial charge in [0.05, 0.1) is 17.2 Å². The zero-order chi connectivity index (χ0) is 28.6. The average Bonchev–Trinajstić information content (AvgIpc) is 2.92. The quantitative estimate of drug-likeness (QED) is 0.293. The Bertz CT molecular complexity index is 1370. The Balaban J connectivity index is 2.02. The minimum Gasteiger partial charge on any atom is -0.494 e. The van der Waals surface area contributed by atoms with Crippen LogP contribution in [-0.4, -0.2) is 50.9 Å². The lowest BCUT2D eigenvalue weighted by Gasteiger charge is -2.32. The van der Waals surface area contributed by atoms with E-state index >= 15 is 0 Å². The van der Waals surface area contributed by atoms with Crippen molar-refractivity contribution in [2.24, 2.45) is 0 Å². The van der Waals surface area contributed by atoms with E-state index in [4.69, 9.17) is 16.3 Å². The molecule has 0 heterocycles. The van der Waals surface area contributed by atoms with E-state index in [1.54, 1.807) is 74.5 Å². The molecule has 1 unspecified atom stereocenters. The summed E-state index contributed by atoms with van der Waals surface area (Å²) in [4.78, 5) is 28.0. The van der Waals surface area contributed by atoms with Crippen molar-refractivity contribution in [3.63, 3.8) is 0 Å². The van der Waals surface area contributed by atoms with Crippen molar-refractivity contribution in [3.05, 3.63) is 87.9 Å². The fourth-order valence-corrected chi connectivity index (χ4v) is 5.63. The molecule has 11 heteroatoms. The molecule has 0 saturated heterocycles. The first-order valence-corrected chi connectivity index (χ1v) is 15.0. The zero-order valence-corrected chi connectivity index (χ0v) is 25.1. The molecule has 39 heavy (non-hydrogen) atoms. The number of likely N-dealkylation sites (N-methyl/N-ethyl adjacent to an activating group) is 1. The summed E-state index contributed by atoms with van der Waals surface area (Å²) < 4.78 is 34.9. The molecule has 0 aliphatic carbocycles. The van der Waals surface area contributed by atoms with Crippen LogP contribution in [0.4, 0.5) is 5.69 Å². The number of carbonyl (C=O) groups excluding carboxylic acids is 2. The molecule has 2 amide bonds. The van der Waals surface area contributed by atoms with Gasteiger partial charge in [0.15, 0.2) is 0 Å². The topological polar surface area (TPSA) is 96.0 Å². The summed E-state index contributed by atoms with van der Waals surface area (Å²) in [7, 11) is -4.15. The molecule has 0 saturated carbocycles. The Morgan fingerprint density at radius 3 is 2.15 bits per heavy atom. The van der Waals surface area contributed by atoms with Gasteiger partial charge in [0.25, 0.3) is 10.0 Å². The second-order valence-electron chi connectivity index (χ2n) is 8.61. The van der Waals surface area contributed by atoms with Gasteiger partial charge in [0.2, 0.25) is 11.8 Å². The van der Waals surface area contributed by atoms with E-state index in [1.807, 2.05) is 6.92 Å². The number of ether oxygens (including phenoxy) is 1. The largest absolute Gasteiger partial charge is 0.494 e. The highest BCUT2D eigenvalue weighted by Crippen LogP contribution is 2.27. The predicted molar refractivity (Wildman–Crippen MR) is 156 cm³/mol. The summed E-state index contributed by atoms with van der Waals surface area (Å²) in [6.07, 6.45) is 0. The van der Waals surface area contributed by atoms with Gasteiger partial charge in [-0.25, -0.2) is 8.42 Å². The zero-order valence-electron chi connectivity index (χ0n) is 21.9. The van der Waals surface area contributed by atoms with Gasteiger partial charge in [-0.1, -0.05) is 39.7 Å². The highest BCUT2D eigenvalue weighted by atomic mass is 79.9. The molecule has 0 fully saturated rings. The lowest BCUT2D eigenvalue weighted by atomic mass is 10.1. The number of rotatable bonds is 12. The second kappa shape index (κ2) is 13.8. The number of carbonyl (C=O) groups is 2. The standard InChI is InChI=1S/C28H31BrClN3O5S/c1-4-31-28(35)20(3)32(18-21-6-10-23(30)11-7-21)27(34)19-33(24-12-14-25(15-13-24)38-5-2)39(36,37)26-16-8-22(29)9-17-26/h6-17,20H,4-5,18-19H2,1-3H3,(H,31,35). The number of hydrogen-bond donors (Lipinski definition) is 1. The number of hydrogen-bond acceptors (Lipinski definition) is 5. The highest BCUT2D eigenvalue weighted by molar-refractivity contribution is 9.10. The Hall–Kier alpha value is -3.08. The summed E-state index contributed by atoms with van der Waals surface area (Å²) in [5.41, 5.74) is 1.03. The third-order valence-electron chi connectivity index (χ3n) is 5.90. The fourth-order valence-electron chi connectivity index (χ4n) is 3.83. The van der Waals surface area contributed by atoms with Crippen LogP contribution in [0.3, 0.4) is 0 Å². The highest BCUT2D eigenvalue weighted by Gasteiger charge is 2.32. The number of sulfonamides is 1. The molecular weight excluding hydrogens is 606 g/mol. The first kappa shape index (κ1) is 30.5. The fraction of sp³-hybridized carbons (Fsp3) is 0.286. The number of benzene rings is 3. The normalized spacial score (nSPS) is 11.9. The van der Waals surface area contributed by atoms with Crippen LogP contribution in [0.2, 0.25) is 5.02 Å². The molecule has 1 atom stereocenters. The maximum absolute atomic E-state index is 13.8. The average molecular weight is 637 g/mol. The number of anilines is 1. The van der Waals surface area contributed by atoms with Crippen LogP contribution in [0.5, 0.6) is 5.75 Å². The molecule has 3 aromatic rings. The van der Waals surface area contributed by atoms with Gasteiger partial charge >= 0.3 is 0 Å². The molecule has 0 aliphatic rings. The van der Waals surface area contributed by atoms with Gasteiger partial charge in [-0.3, -0.25) is 13.9 Å². The van der Waals surface area contributed by atoms with Crippen molar-refractivity contribution in [2.45, 2.75) is 38.3 Å². The van der Waals surface area contributed by atoms with E-state index in [2.05, 4.69) is 21.2 Å². The predicted octanol–water partition coefficient (Wildman–Crippen LogP) is 5.25. The summed E-state index contributed by atoms with van der Waals surface area (Å²) in [5.74, 6) is -0.315. The van der Waals surface area contributed by atoms with Gasteiger partial charge in [-0.05, 0) is 87.0 Å². The molecule has 208 valence electrons. The van der Waals surface area contributed by atoms with Gasteiger partial charge in [0.1, 0.15) is 18.3 Å². The number of nitrogens with zero attached hydrogens (tertiary/aromatic N) is 2. The number of amides is 2. The Kier molecular flexibility index (Phi) is 10.8.